The van der Waals surface area contributed by atoms with Gasteiger partial charge in [-0.3, -0.25) is 10.1 Å². The lowest BCUT2D eigenvalue weighted by Gasteiger charge is -2.30. The van der Waals surface area contributed by atoms with E-state index in [0.29, 0.717) is 5.02 Å². The van der Waals surface area contributed by atoms with E-state index in [1.807, 2.05) is 47.9 Å². The highest BCUT2D eigenvalue weighted by molar-refractivity contribution is 7.98. The summed E-state index contributed by atoms with van der Waals surface area (Å²) >= 11 is 7.88. The number of carbonyl (C=O) groups is 1. The van der Waals surface area contributed by atoms with Crippen molar-refractivity contribution in [1.82, 2.24) is 10.2 Å². The summed E-state index contributed by atoms with van der Waals surface area (Å²) in [5.41, 5.74) is 1.05. The van der Waals surface area contributed by atoms with Crippen molar-refractivity contribution >= 4 is 29.3 Å². The van der Waals surface area contributed by atoms with Crippen LogP contribution < -0.4 is 5.32 Å². The van der Waals surface area contributed by atoms with E-state index in [2.05, 4.69) is 18.5 Å². The summed E-state index contributed by atoms with van der Waals surface area (Å²) < 4.78 is 0. The van der Waals surface area contributed by atoms with Crippen molar-refractivity contribution < 1.29 is 4.79 Å². The number of rotatable bonds is 5. The summed E-state index contributed by atoms with van der Waals surface area (Å²) in [7, 11) is 0. The molecule has 0 radical (unpaired) electrons. The maximum absolute atomic E-state index is 12.4. The van der Waals surface area contributed by atoms with Crippen molar-refractivity contribution in [3.8, 4) is 0 Å². The Morgan fingerprint density at radius 3 is 2.90 bits per heavy atom. The largest absolute Gasteiger partial charge is 0.319 e. The molecule has 0 spiro atoms. The van der Waals surface area contributed by atoms with Crippen molar-refractivity contribution in [3.05, 3.63) is 34.9 Å². The van der Waals surface area contributed by atoms with E-state index in [0.717, 1.165) is 17.7 Å². The molecule has 3 atom stereocenters. The van der Waals surface area contributed by atoms with Crippen LogP contribution in [0.15, 0.2) is 24.3 Å². The molecule has 20 heavy (non-hydrogen) atoms. The third kappa shape index (κ3) is 3.30. The van der Waals surface area contributed by atoms with Crippen LogP contribution in [0, 0.1) is 0 Å². The molecular weight excluding hydrogens is 292 g/mol. The van der Waals surface area contributed by atoms with Crippen molar-refractivity contribution in [2.24, 2.45) is 0 Å². The molecule has 1 aliphatic rings. The molecule has 1 aromatic carbocycles. The topological polar surface area (TPSA) is 32.3 Å². The highest BCUT2D eigenvalue weighted by Gasteiger charge is 2.39. The second kappa shape index (κ2) is 6.83. The predicted molar refractivity (Wildman–Crippen MR) is 86.1 cm³/mol. The van der Waals surface area contributed by atoms with Gasteiger partial charge in [0.05, 0.1) is 6.04 Å². The predicted octanol–water partition coefficient (Wildman–Crippen LogP) is 3.30. The van der Waals surface area contributed by atoms with Gasteiger partial charge in [-0.25, -0.2) is 0 Å². The van der Waals surface area contributed by atoms with E-state index in [4.69, 9.17) is 11.6 Å². The molecule has 1 heterocycles. The number of benzene rings is 1. The lowest BCUT2D eigenvalue weighted by molar-refractivity contribution is -0.131. The summed E-state index contributed by atoms with van der Waals surface area (Å²) in [4.78, 5) is 14.4. The van der Waals surface area contributed by atoms with Crippen LogP contribution in [-0.4, -0.2) is 34.9 Å². The van der Waals surface area contributed by atoms with Crippen LogP contribution in [0.1, 0.15) is 32.0 Å². The SMILES string of the molecule is CSCCC(C)N1C(=O)C(C)NC1c1cccc(Cl)c1. The van der Waals surface area contributed by atoms with Crippen LogP contribution in [0.5, 0.6) is 0 Å². The van der Waals surface area contributed by atoms with Gasteiger partial charge in [-0.05, 0) is 50.0 Å². The maximum Gasteiger partial charge on any atom is 0.241 e. The van der Waals surface area contributed by atoms with Gasteiger partial charge in [0, 0.05) is 11.1 Å². The molecule has 3 nitrogen and oxygen atoms in total. The van der Waals surface area contributed by atoms with E-state index >= 15 is 0 Å². The first-order valence-electron chi connectivity index (χ1n) is 6.87. The smallest absolute Gasteiger partial charge is 0.241 e. The Morgan fingerprint density at radius 2 is 2.25 bits per heavy atom. The summed E-state index contributed by atoms with van der Waals surface area (Å²) in [6.45, 7) is 4.03. The number of hydrogen-bond acceptors (Lipinski definition) is 3. The van der Waals surface area contributed by atoms with Gasteiger partial charge >= 0.3 is 0 Å². The van der Waals surface area contributed by atoms with Crippen LogP contribution in [0.2, 0.25) is 5.02 Å². The number of carbonyl (C=O) groups excluding carboxylic acids is 1. The van der Waals surface area contributed by atoms with Crippen LogP contribution in [0.4, 0.5) is 0 Å². The second-order valence-electron chi connectivity index (χ2n) is 5.22. The van der Waals surface area contributed by atoms with Gasteiger partial charge < -0.3 is 4.90 Å². The highest BCUT2D eigenvalue weighted by atomic mass is 35.5. The molecule has 1 aromatic rings. The Bertz CT molecular complexity index is 483. The zero-order valence-corrected chi connectivity index (χ0v) is 13.7. The molecule has 0 aromatic heterocycles. The fourth-order valence-electron chi connectivity index (χ4n) is 2.57. The van der Waals surface area contributed by atoms with Crippen molar-refractivity contribution in [2.75, 3.05) is 12.0 Å². The minimum absolute atomic E-state index is 0.0759. The minimum atomic E-state index is -0.143. The molecule has 5 heteroatoms. The summed E-state index contributed by atoms with van der Waals surface area (Å²) in [5.74, 6) is 1.23. The van der Waals surface area contributed by atoms with E-state index < -0.39 is 0 Å². The third-order valence-electron chi connectivity index (χ3n) is 3.69. The monoisotopic (exact) mass is 312 g/mol. The zero-order valence-electron chi connectivity index (χ0n) is 12.1. The van der Waals surface area contributed by atoms with E-state index in [1.54, 1.807) is 0 Å². The van der Waals surface area contributed by atoms with Gasteiger partial charge in [0.15, 0.2) is 0 Å². The van der Waals surface area contributed by atoms with Crippen LogP contribution >= 0.6 is 23.4 Å². The minimum Gasteiger partial charge on any atom is -0.319 e. The van der Waals surface area contributed by atoms with Gasteiger partial charge in [0.25, 0.3) is 0 Å². The molecule has 1 fully saturated rings. The first-order chi connectivity index (χ1) is 9.54. The molecule has 1 saturated heterocycles. The average Bonchev–Trinajstić information content (AvgIpc) is 2.72. The molecule has 2 rings (SSSR count). The van der Waals surface area contributed by atoms with Gasteiger partial charge in [-0.2, -0.15) is 11.8 Å². The van der Waals surface area contributed by atoms with Crippen molar-refractivity contribution in [3.63, 3.8) is 0 Å². The Labute approximate surface area is 130 Å². The Kier molecular flexibility index (Phi) is 5.35. The number of nitrogens with one attached hydrogen (secondary N) is 1. The van der Waals surface area contributed by atoms with Crippen LogP contribution in [-0.2, 0) is 4.79 Å². The Balaban J connectivity index is 2.23. The van der Waals surface area contributed by atoms with Crippen LogP contribution in [0.3, 0.4) is 0 Å². The first kappa shape index (κ1) is 15.7. The van der Waals surface area contributed by atoms with Gasteiger partial charge in [-0.1, -0.05) is 23.7 Å². The third-order valence-corrected chi connectivity index (χ3v) is 4.57. The summed E-state index contributed by atoms with van der Waals surface area (Å²) in [6.07, 6.45) is 3.01. The normalized spacial score (nSPS) is 24.2. The van der Waals surface area contributed by atoms with Gasteiger partial charge in [-0.15, -0.1) is 0 Å². The van der Waals surface area contributed by atoms with Crippen LogP contribution in [0.25, 0.3) is 0 Å². The van der Waals surface area contributed by atoms with Crippen molar-refractivity contribution in [1.29, 1.82) is 0 Å². The number of hydrogen-bond donors (Lipinski definition) is 1. The number of halogens is 1. The zero-order chi connectivity index (χ0) is 14.7. The van der Waals surface area contributed by atoms with Gasteiger partial charge in [0.2, 0.25) is 5.91 Å². The Hall–Kier alpha value is -0.710. The van der Waals surface area contributed by atoms with E-state index in [9.17, 15) is 4.79 Å². The molecule has 0 saturated carbocycles. The molecule has 0 bridgehead atoms. The van der Waals surface area contributed by atoms with E-state index in [-0.39, 0.29) is 24.2 Å². The van der Waals surface area contributed by atoms with Gasteiger partial charge in [0.1, 0.15) is 6.17 Å². The number of thioether (sulfide) groups is 1. The fraction of sp³-hybridized carbons (Fsp3) is 0.533. The molecule has 3 unspecified atom stereocenters. The Morgan fingerprint density at radius 1 is 1.50 bits per heavy atom. The molecule has 1 aliphatic heterocycles. The van der Waals surface area contributed by atoms with E-state index in [1.165, 1.54) is 0 Å². The second-order valence-corrected chi connectivity index (χ2v) is 6.64. The first-order valence-corrected chi connectivity index (χ1v) is 8.64. The van der Waals surface area contributed by atoms with Crippen molar-refractivity contribution in [2.45, 2.75) is 38.5 Å². The fourth-order valence-corrected chi connectivity index (χ4v) is 3.35. The molecule has 1 amide bonds. The molecule has 0 aliphatic carbocycles. The standard InChI is InChI=1S/C15H21ClN2OS/c1-10(7-8-20-3)18-14(17-11(2)15(18)19)12-5-4-6-13(16)9-12/h4-6,9-11,14,17H,7-8H2,1-3H3. The summed E-state index contributed by atoms with van der Waals surface area (Å²) in [6, 6.07) is 7.80. The lowest BCUT2D eigenvalue weighted by Crippen LogP contribution is -2.38. The maximum atomic E-state index is 12.4. The number of nitrogens with zero attached hydrogens (tertiary/aromatic N) is 1. The highest BCUT2D eigenvalue weighted by Crippen LogP contribution is 2.30. The lowest BCUT2D eigenvalue weighted by atomic mass is 10.1. The molecule has 110 valence electrons. The summed E-state index contributed by atoms with van der Waals surface area (Å²) in [5, 5.41) is 4.07. The number of amides is 1. The molecule has 1 N–H and O–H groups in total. The molecular formula is C15H21ClN2OS. The average molecular weight is 313 g/mol. The quantitative estimate of drug-likeness (QED) is 0.905.